The van der Waals surface area contributed by atoms with Gasteiger partial charge in [-0.05, 0) is 29.8 Å². The minimum Gasteiger partial charge on any atom is -0.497 e. The maximum absolute atomic E-state index is 5.29. The summed E-state index contributed by atoms with van der Waals surface area (Å²) < 4.78 is 15.7. The van der Waals surface area contributed by atoms with Gasteiger partial charge in [0.15, 0.2) is 0 Å². The van der Waals surface area contributed by atoms with Crippen molar-refractivity contribution in [2.24, 2.45) is 0 Å². The van der Waals surface area contributed by atoms with Gasteiger partial charge in [-0.15, -0.1) is 12.4 Å². The Bertz CT molecular complexity index is 873. The number of benzene rings is 2. The average molecular weight is 388 g/mol. The summed E-state index contributed by atoms with van der Waals surface area (Å²) in [4.78, 5) is 8.80. The second-order valence-corrected chi connectivity index (χ2v) is 5.56. The van der Waals surface area contributed by atoms with Crippen LogP contribution in [0.4, 0.5) is 5.82 Å². The van der Waals surface area contributed by atoms with Gasteiger partial charge in [0.05, 0.1) is 27.0 Å². The third kappa shape index (κ3) is 5.24. The molecule has 0 unspecified atom stereocenters. The molecule has 142 valence electrons. The van der Waals surface area contributed by atoms with E-state index in [0.717, 1.165) is 28.3 Å². The number of nitrogens with one attached hydrogen (secondary N) is 1. The predicted molar refractivity (Wildman–Crippen MR) is 108 cm³/mol. The van der Waals surface area contributed by atoms with Crippen LogP contribution in [0.1, 0.15) is 5.56 Å². The van der Waals surface area contributed by atoms with E-state index in [1.165, 1.54) is 0 Å². The van der Waals surface area contributed by atoms with Crippen molar-refractivity contribution in [3.63, 3.8) is 0 Å². The van der Waals surface area contributed by atoms with Crippen LogP contribution >= 0.6 is 12.4 Å². The molecular formula is C20H22ClN3O3. The average Bonchev–Trinajstić information content (AvgIpc) is 2.72. The van der Waals surface area contributed by atoms with Crippen molar-refractivity contribution in [1.82, 2.24) is 9.97 Å². The Morgan fingerprint density at radius 1 is 0.815 bits per heavy atom. The van der Waals surface area contributed by atoms with Crippen LogP contribution in [0, 0.1) is 0 Å². The zero-order chi connectivity index (χ0) is 18.4. The first-order chi connectivity index (χ1) is 12.7. The molecule has 1 aromatic heterocycles. The molecule has 1 heterocycles. The molecule has 7 heteroatoms. The molecule has 0 aliphatic rings. The predicted octanol–water partition coefficient (Wildman–Crippen LogP) is 4.20. The summed E-state index contributed by atoms with van der Waals surface area (Å²) >= 11 is 0. The fraction of sp³-hybridized carbons (Fsp3) is 0.200. The lowest BCUT2D eigenvalue weighted by atomic mass is 10.1. The molecule has 0 radical (unpaired) electrons. The van der Waals surface area contributed by atoms with Crippen molar-refractivity contribution in [2.45, 2.75) is 6.54 Å². The van der Waals surface area contributed by atoms with Crippen molar-refractivity contribution in [1.29, 1.82) is 0 Å². The highest BCUT2D eigenvalue weighted by atomic mass is 35.5. The van der Waals surface area contributed by atoms with Gasteiger partial charge in [-0.3, -0.25) is 0 Å². The van der Waals surface area contributed by atoms with Crippen LogP contribution in [0.25, 0.3) is 11.3 Å². The third-order valence-corrected chi connectivity index (χ3v) is 3.89. The minimum absolute atomic E-state index is 0. The molecule has 3 aromatic rings. The molecule has 0 saturated heterocycles. The Labute approximate surface area is 164 Å². The number of halogens is 1. The zero-order valence-electron chi connectivity index (χ0n) is 15.4. The topological polar surface area (TPSA) is 65.5 Å². The van der Waals surface area contributed by atoms with Gasteiger partial charge in [0.25, 0.3) is 0 Å². The Morgan fingerprint density at radius 3 is 2.22 bits per heavy atom. The summed E-state index contributed by atoms with van der Waals surface area (Å²) in [5.41, 5.74) is 2.80. The van der Waals surface area contributed by atoms with Gasteiger partial charge < -0.3 is 19.5 Å². The monoisotopic (exact) mass is 387 g/mol. The van der Waals surface area contributed by atoms with E-state index in [-0.39, 0.29) is 12.4 Å². The van der Waals surface area contributed by atoms with Gasteiger partial charge in [0.1, 0.15) is 17.3 Å². The van der Waals surface area contributed by atoms with Crippen molar-refractivity contribution < 1.29 is 14.2 Å². The lowest BCUT2D eigenvalue weighted by Gasteiger charge is -2.10. The largest absolute Gasteiger partial charge is 0.497 e. The highest BCUT2D eigenvalue weighted by molar-refractivity contribution is 5.85. The first-order valence-electron chi connectivity index (χ1n) is 8.16. The summed E-state index contributed by atoms with van der Waals surface area (Å²) in [7, 11) is 4.85. The number of rotatable bonds is 7. The van der Waals surface area contributed by atoms with Crippen molar-refractivity contribution in [3.8, 4) is 28.8 Å². The van der Waals surface area contributed by atoms with E-state index in [0.29, 0.717) is 18.4 Å². The number of ether oxygens (including phenoxy) is 3. The quantitative estimate of drug-likeness (QED) is 0.655. The Balaban J connectivity index is 0.00000261. The summed E-state index contributed by atoms with van der Waals surface area (Å²) in [5.74, 6) is 2.29. The molecule has 27 heavy (non-hydrogen) atoms. The van der Waals surface area contributed by atoms with Gasteiger partial charge in [0, 0.05) is 18.2 Å². The van der Waals surface area contributed by atoms with Gasteiger partial charge in [0.2, 0.25) is 0 Å². The first kappa shape index (κ1) is 20.3. The smallest absolute Gasteiger partial charge is 0.318 e. The van der Waals surface area contributed by atoms with Crippen LogP contribution in [0.2, 0.25) is 0 Å². The van der Waals surface area contributed by atoms with Gasteiger partial charge in [-0.2, -0.15) is 9.97 Å². The highest BCUT2D eigenvalue weighted by Crippen LogP contribution is 2.25. The Hall–Kier alpha value is -2.99. The van der Waals surface area contributed by atoms with Crippen molar-refractivity contribution in [3.05, 3.63) is 60.2 Å². The molecule has 0 aliphatic carbocycles. The summed E-state index contributed by atoms with van der Waals surface area (Å²) in [6.07, 6.45) is 0. The third-order valence-electron chi connectivity index (χ3n) is 3.89. The molecule has 1 N–H and O–H groups in total. The normalized spacial score (nSPS) is 9.89. The molecule has 0 saturated carbocycles. The standard InChI is InChI=1S/C20H21N3O3.ClH/c1-24-16-9-7-14(8-10-16)13-21-19-12-18(22-20(23-19)26-3)15-5-4-6-17(11-15)25-2;/h4-12H,13H2,1-3H3,(H,21,22,23);1H. The second kappa shape index (κ2) is 9.64. The number of hydrogen-bond acceptors (Lipinski definition) is 6. The van der Waals surface area contributed by atoms with Crippen LogP contribution < -0.4 is 19.5 Å². The highest BCUT2D eigenvalue weighted by Gasteiger charge is 2.08. The molecule has 0 bridgehead atoms. The number of anilines is 1. The molecule has 0 aliphatic heterocycles. The fourth-order valence-corrected chi connectivity index (χ4v) is 2.47. The van der Waals surface area contributed by atoms with Crippen LogP contribution in [-0.2, 0) is 6.54 Å². The van der Waals surface area contributed by atoms with E-state index in [9.17, 15) is 0 Å². The first-order valence-corrected chi connectivity index (χ1v) is 8.16. The number of methoxy groups -OCH3 is 3. The lowest BCUT2D eigenvalue weighted by molar-refractivity contribution is 0.381. The number of hydrogen-bond donors (Lipinski definition) is 1. The summed E-state index contributed by atoms with van der Waals surface area (Å²) in [6, 6.07) is 17.8. The molecule has 6 nitrogen and oxygen atoms in total. The van der Waals surface area contributed by atoms with Crippen LogP contribution in [0.3, 0.4) is 0 Å². The maximum atomic E-state index is 5.29. The fourth-order valence-electron chi connectivity index (χ4n) is 2.47. The van der Waals surface area contributed by atoms with E-state index < -0.39 is 0 Å². The minimum atomic E-state index is 0. The summed E-state index contributed by atoms with van der Waals surface area (Å²) in [6.45, 7) is 0.627. The molecular weight excluding hydrogens is 366 g/mol. The second-order valence-electron chi connectivity index (χ2n) is 5.56. The van der Waals surface area contributed by atoms with E-state index in [1.807, 2.05) is 54.6 Å². The van der Waals surface area contributed by atoms with E-state index in [2.05, 4.69) is 15.3 Å². The van der Waals surface area contributed by atoms with E-state index in [1.54, 1.807) is 21.3 Å². The van der Waals surface area contributed by atoms with Gasteiger partial charge in [-0.1, -0.05) is 24.3 Å². The van der Waals surface area contributed by atoms with E-state index in [4.69, 9.17) is 14.2 Å². The Kier molecular flexibility index (Phi) is 7.25. The molecule has 0 amide bonds. The summed E-state index contributed by atoms with van der Waals surface area (Å²) in [5, 5.41) is 3.31. The van der Waals surface area contributed by atoms with Crippen LogP contribution in [0.5, 0.6) is 17.5 Å². The number of aromatic nitrogens is 2. The van der Waals surface area contributed by atoms with Crippen molar-refractivity contribution in [2.75, 3.05) is 26.6 Å². The molecule has 0 atom stereocenters. The maximum Gasteiger partial charge on any atom is 0.318 e. The molecule has 3 rings (SSSR count). The molecule has 0 spiro atoms. The molecule has 2 aromatic carbocycles. The van der Waals surface area contributed by atoms with Crippen LogP contribution in [-0.4, -0.2) is 31.3 Å². The molecule has 0 fully saturated rings. The van der Waals surface area contributed by atoms with Gasteiger partial charge >= 0.3 is 6.01 Å². The Morgan fingerprint density at radius 2 is 1.56 bits per heavy atom. The lowest BCUT2D eigenvalue weighted by Crippen LogP contribution is -2.04. The zero-order valence-corrected chi connectivity index (χ0v) is 16.2. The van der Waals surface area contributed by atoms with Crippen molar-refractivity contribution >= 4 is 18.2 Å². The number of nitrogens with zero attached hydrogens (tertiary/aromatic N) is 2. The van der Waals surface area contributed by atoms with Crippen LogP contribution in [0.15, 0.2) is 54.6 Å². The van der Waals surface area contributed by atoms with Gasteiger partial charge in [-0.25, -0.2) is 0 Å². The van der Waals surface area contributed by atoms with E-state index >= 15 is 0 Å². The SMILES string of the molecule is COc1ccc(CNc2cc(-c3cccc(OC)c3)nc(OC)n2)cc1.Cl.